The molecule has 0 radical (unpaired) electrons. The highest BCUT2D eigenvalue weighted by atomic mass is 14.3. The van der Waals surface area contributed by atoms with Gasteiger partial charge >= 0.3 is 0 Å². The molecule has 66 valence electrons. The Morgan fingerprint density at radius 3 is 2.25 bits per heavy atom. The molecule has 0 aromatic rings. The average Bonchev–Trinajstić information content (AvgIpc) is 2.81. The van der Waals surface area contributed by atoms with Crippen molar-refractivity contribution in [3.05, 3.63) is 36.5 Å². The maximum atomic E-state index is 4.02. The van der Waals surface area contributed by atoms with Gasteiger partial charge in [0.1, 0.15) is 0 Å². The minimum absolute atomic E-state index is 0.549. The van der Waals surface area contributed by atoms with E-state index in [0.29, 0.717) is 5.92 Å². The van der Waals surface area contributed by atoms with Crippen LogP contribution >= 0.6 is 0 Å². The number of hydrogen-bond acceptors (Lipinski definition) is 0. The maximum Gasteiger partial charge on any atom is -0.0167 e. The fourth-order valence-corrected chi connectivity index (χ4v) is 0.997. The molecule has 0 aliphatic heterocycles. The Kier molecular flexibility index (Phi) is 2.91. The fourth-order valence-electron chi connectivity index (χ4n) is 0.997. The number of rotatable bonds is 4. The van der Waals surface area contributed by atoms with Crippen LogP contribution in [0.3, 0.4) is 0 Å². The Morgan fingerprint density at radius 1 is 1.25 bits per heavy atom. The van der Waals surface area contributed by atoms with Crippen LogP contribution in [0, 0.1) is 11.8 Å². The molecule has 0 spiro atoms. The van der Waals surface area contributed by atoms with Crippen molar-refractivity contribution in [3.8, 4) is 0 Å². The van der Waals surface area contributed by atoms with E-state index in [9.17, 15) is 0 Å². The molecule has 0 N–H and O–H groups in total. The van der Waals surface area contributed by atoms with E-state index < -0.39 is 0 Å². The molecule has 0 saturated heterocycles. The van der Waals surface area contributed by atoms with Gasteiger partial charge in [0.05, 0.1) is 0 Å². The molecule has 0 aromatic heterocycles. The molecule has 0 bridgehead atoms. The normalized spacial score (nSPS) is 17.2. The highest BCUT2D eigenvalue weighted by Crippen LogP contribution is 2.36. The summed E-state index contributed by atoms with van der Waals surface area (Å²) in [4.78, 5) is 0. The Balaban J connectivity index is 2.37. The molecule has 0 heterocycles. The summed E-state index contributed by atoms with van der Waals surface area (Å²) in [6.45, 7) is 12.3. The molecule has 1 fully saturated rings. The smallest absolute Gasteiger partial charge is 0.0167 e. The van der Waals surface area contributed by atoms with Gasteiger partial charge < -0.3 is 0 Å². The van der Waals surface area contributed by atoms with Gasteiger partial charge in [-0.1, -0.05) is 50.3 Å². The summed E-state index contributed by atoms with van der Waals surface area (Å²) in [6, 6.07) is 0. The predicted octanol–water partition coefficient (Wildman–Crippen LogP) is 3.72. The lowest BCUT2D eigenvalue weighted by molar-refractivity contribution is 0.795. The zero-order chi connectivity index (χ0) is 9.14. The first-order valence-electron chi connectivity index (χ1n) is 4.67. The van der Waals surface area contributed by atoms with Crippen molar-refractivity contribution in [1.82, 2.24) is 0 Å². The summed E-state index contributed by atoms with van der Waals surface area (Å²) in [5.74, 6) is 1.33. The minimum Gasteiger partial charge on any atom is -0.0956 e. The van der Waals surface area contributed by atoms with Crippen LogP contribution in [-0.4, -0.2) is 0 Å². The van der Waals surface area contributed by atoms with Gasteiger partial charge in [-0.15, -0.1) is 0 Å². The Labute approximate surface area is 75.7 Å². The van der Waals surface area contributed by atoms with Crippen molar-refractivity contribution in [1.29, 1.82) is 0 Å². The molecule has 0 atom stereocenters. The van der Waals surface area contributed by atoms with Gasteiger partial charge in [0.15, 0.2) is 0 Å². The summed E-state index contributed by atoms with van der Waals surface area (Å²) in [5.41, 5.74) is 2.47. The zero-order valence-corrected chi connectivity index (χ0v) is 8.14. The van der Waals surface area contributed by atoms with Crippen molar-refractivity contribution >= 4 is 0 Å². The van der Waals surface area contributed by atoms with Crippen LogP contribution in [0.2, 0.25) is 0 Å². The largest absolute Gasteiger partial charge is 0.0956 e. The Morgan fingerprint density at radius 2 is 1.83 bits per heavy atom. The van der Waals surface area contributed by atoms with Gasteiger partial charge in [-0.05, 0) is 24.7 Å². The summed E-state index contributed by atoms with van der Waals surface area (Å²) >= 11 is 0. The lowest BCUT2D eigenvalue weighted by atomic mass is 10.0. The van der Waals surface area contributed by atoms with Crippen LogP contribution in [0.5, 0.6) is 0 Å². The first kappa shape index (κ1) is 9.31. The van der Waals surface area contributed by atoms with Crippen molar-refractivity contribution < 1.29 is 0 Å². The molecule has 1 aliphatic rings. The number of allylic oxidation sites excluding steroid dienone is 4. The molecule has 1 aliphatic carbocycles. The Hall–Kier alpha value is -0.780. The van der Waals surface area contributed by atoms with E-state index in [0.717, 1.165) is 5.92 Å². The summed E-state index contributed by atoms with van der Waals surface area (Å²) in [6.07, 6.45) is 6.89. The molecule has 12 heavy (non-hydrogen) atoms. The highest BCUT2D eigenvalue weighted by molar-refractivity contribution is 5.28. The van der Waals surface area contributed by atoms with E-state index in [1.165, 1.54) is 24.0 Å². The third kappa shape index (κ3) is 2.69. The first-order valence-corrected chi connectivity index (χ1v) is 4.67. The topological polar surface area (TPSA) is 0 Å². The minimum atomic E-state index is 0.549. The van der Waals surface area contributed by atoms with Crippen LogP contribution in [0.25, 0.3) is 0 Å². The van der Waals surface area contributed by atoms with E-state index in [-0.39, 0.29) is 0 Å². The lowest BCUT2D eigenvalue weighted by Crippen LogP contribution is -1.87. The second kappa shape index (κ2) is 3.75. The van der Waals surface area contributed by atoms with E-state index in [1.807, 2.05) is 0 Å². The van der Waals surface area contributed by atoms with Gasteiger partial charge in [0.25, 0.3) is 0 Å². The zero-order valence-electron chi connectivity index (χ0n) is 8.14. The Bertz CT molecular complexity index is 198. The van der Waals surface area contributed by atoms with Crippen LogP contribution < -0.4 is 0 Å². The van der Waals surface area contributed by atoms with Crippen LogP contribution in [0.4, 0.5) is 0 Å². The van der Waals surface area contributed by atoms with Crippen LogP contribution in [-0.2, 0) is 0 Å². The fraction of sp³-hybridized carbons (Fsp3) is 0.500. The summed E-state index contributed by atoms with van der Waals surface area (Å²) in [5, 5.41) is 0. The quantitative estimate of drug-likeness (QED) is 0.553. The molecular weight excluding hydrogens is 144 g/mol. The van der Waals surface area contributed by atoms with Crippen molar-refractivity contribution in [2.75, 3.05) is 0 Å². The molecule has 0 nitrogen and oxygen atoms in total. The summed E-state index contributed by atoms with van der Waals surface area (Å²) in [7, 11) is 0. The second-order valence-electron chi connectivity index (χ2n) is 3.91. The van der Waals surface area contributed by atoms with Crippen LogP contribution in [0.15, 0.2) is 36.5 Å². The first-order chi connectivity index (χ1) is 5.61. The van der Waals surface area contributed by atoms with Crippen molar-refractivity contribution in [2.45, 2.75) is 26.7 Å². The van der Waals surface area contributed by atoms with Gasteiger partial charge in [0, 0.05) is 0 Å². The standard InChI is InChI=1S/C12H18/c1-9(2)10(3)5-6-11(4)12-7-8-12/h5-6,9,12H,3-4,7-8H2,1-2H3/b6-5-. The molecule has 1 saturated carbocycles. The molecule has 0 unspecified atom stereocenters. The molecule has 1 rings (SSSR count). The van der Waals surface area contributed by atoms with Gasteiger partial charge in [-0.3, -0.25) is 0 Å². The summed E-state index contributed by atoms with van der Waals surface area (Å²) < 4.78 is 0. The SMILES string of the molecule is C=C(/C=C\C(=C)C1CC1)C(C)C. The third-order valence-electron chi connectivity index (χ3n) is 2.35. The van der Waals surface area contributed by atoms with Gasteiger partial charge in [0.2, 0.25) is 0 Å². The molecule has 0 amide bonds. The maximum absolute atomic E-state index is 4.02. The highest BCUT2D eigenvalue weighted by Gasteiger charge is 2.22. The van der Waals surface area contributed by atoms with Crippen LogP contribution in [0.1, 0.15) is 26.7 Å². The number of hydrogen-bond donors (Lipinski definition) is 0. The monoisotopic (exact) mass is 162 g/mol. The van der Waals surface area contributed by atoms with E-state index >= 15 is 0 Å². The van der Waals surface area contributed by atoms with Crippen molar-refractivity contribution in [2.24, 2.45) is 11.8 Å². The van der Waals surface area contributed by atoms with E-state index in [1.54, 1.807) is 0 Å². The van der Waals surface area contributed by atoms with E-state index in [2.05, 4.69) is 39.2 Å². The van der Waals surface area contributed by atoms with E-state index in [4.69, 9.17) is 0 Å². The van der Waals surface area contributed by atoms with Crippen molar-refractivity contribution in [3.63, 3.8) is 0 Å². The molecule has 0 aromatic carbocycles. The van der Waals surface area contributed by atoms with Gasteiger partial charge in [-0.25, -0.2) is 0 Å². The predicted molar refractivity (Wildman–Crippen MR) is 55.0 cm³/mol. The molecule has 0 heteroatoms. The van der Waals surface area contributed by atoms with Gasteiger partial charge in [-0.2, -0.15) is 0 Å². The molecular formula is C12H18. The second-order valence-corrected chi connectivity index (χ2v) is 3.91. The average molecular weight is 162 g/mol. The lowest BCUT2D eigenvalue weighted by Gasteiger charge is -2.02. The third-order valence-corrected chi connectivity index (χ3v) is 2.35.